The van der Waals surface area contributed by atoms with Crippen LogP contribution in [0.5, 0.6) is 0 Å². The molecule has 1 aliphatic rings. The summed E-state index contributed by atoms with van der Waals surface area (Å²) in [4.78, 5) is 25.9. The van der Waals surface area contributed by atoms with Crippen LogP contribution in [-0.2, 0) is 9.59 Å². The minimum Gasteiger partial charge on any atom is -0.347 e. The molecular formula is C16H26N4O2. The number of amides is 2. The maximum Gasteiger partial charge on any atom is 0.242 e. The molecule has 2 amide bonds. The average Bonchev–Trinajstić information content (AvgIpc) is 2.98. The van der Waals surface area contributed by atoms with Gasteiger partial charge in [0.25, 0.3) is 0 Å². The van der Waals surface area contributed by atoms with Crippen molar-refractivity contribution < 1.29 is 9.59 Å². The summed E-state index contributed by atoms with van der Waals surface area (Å²) in [7, 11) is 0. The molecule has 2 rings (SSSR count). The summed E-state index contributed by atoms with van der Waals surface area (Å²) in [6.07, 6.45) is 6.64. The van der Waals surface area contributed by atoms with Gasteiger partial charge in [0.1, 0.15) is 0 Å². The van der Waals surface area contributed by atoms with Crippen LogP contribution >= 0.6 is 0 Å². The van der Waals surface area contributed by atoms with Crippen molar-refractivity contribution in [3.8, 4) is 0 Å². The van der Waals surface area contributed by atoms with E-state index in [0.29, 0.717) is 6.54 Å². The molecule has 1 N–H and O–H groups in total. The predicted molar refractivity (Wildman–Crippen MR) is 84.3 cm³/mol. The molecule has 1 saturated heterocycles. The Balaban J connectivity index is 1.86. The SMILES string of the molecule is CCC(C)C(=O)NCC(=O)N1CCCC(n2cc(C)cn2)C1. The number of aryl methyl sites for hydroxylation is 1. The third-order valence-electron chi connectivity index (χ3n) is 4.33. The molecule has 2 unspecified atom stereocenters. The van der Waals surface area contributed by atoms with Gasteiger partial charge in [-0.15, -0.1) is 0 Å². The predicted octanol–water partition coefficient (Wildman–Crippen LogP) is 1.52. The lowest BCUT2D eigenvalue weighted by Crippen LogP contribution is -2.46. The van der Waals surface area contributed by atoms with Gasteiger partial charge in [0, 0.05) is 25.2 Å². The van der Waals surface area contributed by atoms with Crippen molar-refractivity contribution in [1.82, 2.24) is 20.0 Å². The molecule has 2 heterocycles. The fourth-order valence-electron chi connectivity index (χ4n) is 2.66. The van der Waals surface area contributed by atoms with E-state index in [1.54, 1.807) is 0 Å². The van der Waals surface area contributed by atoms with Gasteiger partial charge >= 0.3 is 0 Å². The Morgan fingerprint density at radius 3 is 2.91 bits per heavy atom. The Kier molecular flexibility index (Phi) is 5.57. The van der Waals surface area contributed by atoms with Crippen LogP contribution in [0.2, 0.25) is 0 Å². The number of hydrogen-bond acceptors (Lipinski definition) is 3. The molecular weight excluding hydrogens is 280 g/mol. The van der Waals surface area contributed by atoms with Crippen LogP contribution in [0.15, 0.2) is 12.4 Å². The molecule has 1 aromatic rings. The van der Waals surface area contributed by atoms with E-state index in [1.807, 2.05) is 42.7 Å². The second-order valence-corrected chi connectivity index (χ2v) is 6.16. The molecule has 6 heteroatoms. The van der Waals surface area contributed by atoms with Gasteiger partial charge in [0.2, 0.25) is 11.8 Å². The van der Waals surface area contributed by atoms with Crippen LogP contribution in [0.1, 0.15) is 44.7 Å². The minimum atomic E-state index is -0.0490. The van der Waals surface area contributed by atoms with Crippen LogP contribution in [0, 0.1) is 12.8 Å². The topological polar surface area (TPSA) is 67.2 Å². The molecule has 1 aliphatic heterocycles. The molecule has 0 bridgehead atoms. The highest BCUT2D eigenvalue weighted by Gasteiger charge is 2.25. The van der Waals surface area contributed by atoms with E-state index in [-0.39, 0.29) is 30.3 Å². The molecule has 0 aromatic carbocycles. The Bertz CT molecular complexity index is 526. The number of carbonyl (C=O) groups is 2. The average molecular weight is 306 g/mol. The van der Waals surface area contributed by atoms with E-state index in [0.717, 1.165) is 31.4 Å². The van der Waals surface area contributed by atoms with Crippen molar-refractivity contribution >= 4 is 11.8 Å². The first-order chi connectivity index (χ1) is 10.5. The van der Waals surface area contributed by atoms with Crippen LogP contribution in [-0.4, -0.2) is 46.1 Å². The highest BCUT2D eigenvalue weighted by molar-refractivity contribution is 5.85. The van der Waals surface area contributed by atoms with Gasteiger partial charge in [-0.05, 0) is 31.7 Å². The number of likely N-dealkylation sites (tertiary alicyclic amines) is 1. The number of piperidine rings is 1. The molecule has 0 saturated carbocycles. The van der Waals surface area contributed by atoms with Crippen molar-refractivity contribution in [3.05, 3.63) is 18.0 Å². The molecule has 22 heavy (non-hydrogen) atoms. The summed E-state index contributed by atoms with van der Waals surface area (Å²) < 4.78 is 1.95. The fourth-order valence-corrected chi connectivity index (χ4v) is 2.66. The van der Waals surface area contributed by atoms with E-state index in [4.69, 9.17) is 0 Å². The molecule has 2 atom stereocenters. The zero-order valence-corrected chi connectivity index (χ0v) is 13.7. The fraction of sp³-hybridized carbons (Fsp3) is 0.688. The standard InChI is InChI=1S/C16H26N4O2/c1-4-13(3)16(22)17-9-15(21)19-7-5-6-14(11-19)20-10-12(2)8-18-20/h8,10,13-14H,4-7,9,11H2,1-3H3,(H,17,22). The van der Waals surface area contributed by atoms with Crippen molar-refractivity contribution in [2.75, 3.05) is 19.6 Å². The summed E-state index contributed by atoms with van der Waals surface area (Å²) in [6, 6.07) is 0.233. The summed E-state index contributed by atoms with van der Waals surface area (Å²) in [5, 5.41) is 7.09. The lowest BCUT2D eigenvalue weighted by atomic mass is 10.1. The lowest BCUT2D eigenvalue weighted by Gasteiger charge is -2.33. The lowest BCUT2D eigenvalue weighted by molar-refractivity contribution is -0.135. The van der Waals surface area contributed by atoms with Gasteiger partial charge in [-0.3, -0.25) is 14.3 Å². The monoisotopic (exact) mass is 306 g/mol. The number of hydrogen-bond donors (Lipinski definition) is 1. The molecule has 0 aliphatic carbocycles. The molecule has 6 nitrogen and oxygen atoms in total. The quantitative estimate of drug-likeness (QED) is 0.897. The smallest absolute Gasteiger partial charge is 0.242 e. The zero-order valence-electron chi connectivity index (χ0n) is 13.7. The van der Waals surface area contributed by atoms with E-state index in [1.165, 1.54) is 0 Å². The number of nitrogens with zero attached hydrogens (tertiary/aromatic N) is 3. The van der Waals surface area contributed by atoms with E-state index < -0.39 is 0 Å². The van der Waals surface area contributed by atoms with Gasteiger partial charge < -0.3 is 10.2 Å². The number of rotatable bonds is 5. The Morgan fingerprint density at radius 2 is 2.27 bits per heavy atom. The first-order valence-electron chi connectivity index (χ1n) is 8.07. The van der Waals surface area contributed by atoms with Crippen LogP contribution in [0.25, 0.3) is 0 Å². The van der Waals surface area contributed by atoms with Crippen molar-refractivity contribution in [3.63, 3.8) is 0 Å². The first-order valence-corrected chi connectivity index (χ1v) is 8.07. The van der Waals surface area contributed by atoms with Crippen LogP contribution in [0.4, 0.5) is 0 Å². The summed E-state index contributed by atoms with van der Waals surface area (Å²) in [5.41, 5.74) is 1.13. The molecule has 1 aromatic heterocycles. The molecule has 0 spiro atoms. The summed E-state index contributed by atoms with van der Waals surface area (Å²) in [6.45, 7) is 7.37. The number of carbonyl (C=O) groups excluding carboxylic acids is 2. The maximum atomic E-state index is 12.3. The second-order valence-electron chi connectivity index (χ2n) is 6.16. The van der Waals surface area contributed by atoms with Gasteiger partial charge in [-0.25, -0.2) is 0 Å². The number of nitrogens with one attached hydrogen (secondary N) is 1. The highest BCUT2D eigenvalue weighted by atomic mass is 16.2. The molecule has 0 radical (unpaired) electrons. The Hall–Kier alpha value is -1.85. The van der Waals surface area contributed by atoms with Gasteiger partial charge in [-0.1, -0.05) is 13.8 Å². The van der Waals surface area contributed by atoms with Crippen molar-refractivity contribution in [2.45, 2.75) is 46.1 Å². The highest BCUT2D eigenvalue weighted by Crippen LogP contribution is 2.21. The Morgan fingerprint density at radius 1 is 1.50 bits per heavy atom. The zero-order chi connectivity index (χ0) is 16.1. The maximum absolute atomic E-state index is 12.3. The second kappa shape index (κ2) is 7.42. The normalized spacial score (nSPS) is 19.8. The van der Waals surface area contributed by atoms with Gasteiger partial charge in [0.05, 0.1) is 18.8 Å². The van der Waals surface area contributed by atoms with Crippen molar-refractivity contribution in [2.24, 2.45) is 5.92 Å². The first kappa shape index (κ1) is 16.5. The van der Waals surface area contributed by atoms with E-state index >= 15 is 0 Å². The van der Waals surface area contributed by atoms with E-state index in [2.05, 4.69) is 10.4 Å². The third kappa shape index (κ3) is 4.08. The van der Waals surface area contributed by atoms with Crippen LogP contribution < -0.4 is 5.32 Å². The van der Waals surface area contributed by atoms with Crippen molar-refractivity contribution in [1.29, 1.82) is 0 Å². The van der Waals surface area contributed by atoms with E-state index in [9.17, 15) is 9.59 Å². The summed E-state index contributed by atoms with van der Waals surface area (Å²) >= 11 is 0. The molecule has 122 valence electrons. The largest absolute Gasteiger partial charge is 0.347 e. The molecule has 1 fully saturated rings. The summed E-state index contributed by atoms with van der Waals surface area (Å²) in [5.74, 6) is -0.105. The van der Waals surface area contributed by atoms with Gasteiger partial charge in [-0.2, -0.15) is 5.10 Å². The number of aromatic nitrogens is 2. The Labute approximate surface area is 131 Å². The van der Waals surface area contributed by atoms with Gasteiger partial charge in [0.15, 0.2) is 0 Å². The minimum absolute atomic E-state index is 0.00905. The third-order valence-corrected chi connectivity index (χ3v) is 4.33. The van der Waals surface area contributed by atoms with Crippen LogP contribution in [0.3, 0.4) is 0 Å².